The molecule has 0 aromatic heterocycles. The number of morpholine rings is 1. The van der Waals surface area contributed by atoms with Crippen LogP contribution in [0.4, 0.5) is 0 Å². The van der Waals surface area contributed by atoms with Gasteiger partial charge in [0.05, 0.1) is 42.2 Å². The number of rotatable bonds is 6. The molecule has 14 atom stereocenters. The summed E-state index contributed by atoms with van der Waals surface area (Å²) in [7, 11) is 0. The molecule has 2 saturated heterocycles. The van der Waals surface area contributed by atoms with E-state index in [9.17, 15) is 20.4 Å². The lowest BCUT2D eigenvalue weighted by molar-refractivity contribution is -0.250. The third-order valence-electron chi connectivity index (χ3n) is 15.9. The zero-order valence-electron chi connectivity index (χ0n) is 30.2. The van der Waals surface area contributed by atoms with E-state index in [1.807, 2.05) is 13.8 Å². The minimum absolute atomic E-state index is 0.0244. The fraction of sp³-hybridized carbons (Fsp3) is 1.00. The predicted molar refractivity (Wildman–Crippen MR) is 176 cm³/mol. The summed E-state index contributed by atoms with van der Waals surface area (Å²) in [6, 6.07) is 0. The zero-order valence-corrected chi connectivity index (χ0v) is 30.2. The van der Waals surface area contributed by atoms with E-state index in [2.05, 4.69) is 39.5 Å². The number of nitrogens with zero attached hydrogens (tertiary/aromatic N) is 1. The smallest absolute Gasteiger partial charge is 0.170 e. The second-order valence-corrected chi connectivity index (χ2v) is 19.6. The molecule has 5 aliphatic carbocycles. The van der Waals surface area contributed by atoms with Crippen molar-refractivity contribution in [3.8, 4) is 0 Å². The van der Waals surface area contributed by atoms with Crippen LogP contribution < -0.4 is 0 Å². The molecule has 2 heterocycles. The molecule has 2 spiro atoms. The van der Waals surface area contributed by atoms with Crippen molar-refractivity contribution in [1.82, 2.24) is 4.90 Å². The van der Waals surface area contributed by atoms with Crippen LogP contribution in [0.2, 0.25) is 0 Å². The second kappa shape index (κ2) is 10.6. The highest BCUT2D eigenvalue weighted by atomic mass is 16.7. The van der Waals surface area contributed by atoms with Crippen molar-refractivity contribution >= 4 is 0 Å². The highest BCUT2D eigenvalue weighted by Gasteiger charge is 2.84. The van der Waals surface area contributed by atoms with Gasteiger partial charge in [0.1, 0.15) is 6.10 Å². The van der Waals surface area contributed by atoms with Crippen LogP contribution in [0, 0.1) is 50.7 Å². The third-order valence-corrected chi connectivity index (χ3v) is 15.9. The van der Waals surface area contributed by atoms with Crippen LogP contribution in [0.1, 0.15) is 114 Å². The summed E-state index contributed by atoms with van der Waals surface area (Å²) in [5.74, 6) is 1.58. The van der Waals surface area contributed by atoms with Gasteiger partial charge >= 0.3 is 0 Å². The first-order chi connectivity index (χ1) is 21.2. The van der Waals surface area contributed by atoms with Crippen LogP contribution in [0.3, 0.4) is 0 Å². The van der Waals surface area contributed by atoms with E-state index in [0.717, 1.165) is 25.8 Å². The lowest BCUT2D eigenvalue weighted by Crippen LogP contribution is -2.60. The Morgan fingerprint density at radius 3 is 2.30 bits per heavy atom. The van der Waals surface area contributed by atoms with Gasteiger partial charge in [-0.1, -0.05) is 34.6 Å². The van der Waals surface area contributed by atoms with Crippen LogP contribution >= 0.6 is 0 Å². The van der Waals surface area contributed by atoms with Gasteiger partial charge in [-0.05, 0) is 124 Å². The van der Waals surface area contributed by atoms with Gasteiger partial charge in [-0.25, -0.2) is 0 Å². The number of hydrogen-bond acceptors (Lipinski definition) is 8. The first kappa shape index (κ1) is 34.1. The zero-order chi connectivity index (χ0) is 33.5. The van der Waals surface area contributed by atoms with E-state index in [-0.39, 0.29) is 46.1 Å². The van der Waals surface area contributed by atoms with Gasteiger partial charge < -0.3 is 34.6 Å². The van der Waals surface area contributed by atoms with E-state index in [0.29, 0.717) is 49.3 Å². The molecule has 8 nitrogen and oxygen atoms in total. The summed E-state index contributed by atoms with van der Waals surface area (Å²) in [4.78, 5) is 2.27. The molecule has 8 heteroatoms. The van der Waals surface area contributed by atoms with E-state index >= 15 is 0 Å². The van der Waals surface area contributed by atoms with Crippen LogP contribution in [-0.2, 0) is 14.2 Å². The first-order valence-electron chi connectivity index (χ1n) is 18.7. The van der Waals surface area contributed by atoms with Gasteiger partial charge in [-0.2, -0.15) is 0 Å². The maximum atomic E-state index is 12.4. The SMILES string of the molecule is C[C@@H]1CC(C(O)C(C)(C)O)OC2[C@H]1C1(C)CCC34CC35CCC(O[C@H]3CN(CC(C)(C)O)CCO3)C(C)(C)[C@@H]5CCC4[C@]1(C)[C@H]2O. The lowest BCUT2D eigenvalue weighted by Gasteiger charge is -2.64. The topological polar surface area (TPSA) is 112 Å². The predicted octanol–water partition coefficient (Wildman–Crippen LogP) is 4.75. The molecule has 7 fully saturated rings. The van der Waals surface area contributed by atoms with Crippen molar-refractivity contribution in [3.05, 3.63) is 0 Å². The van der Waals surface area contributed by atoms with Crippen LogP contribution in [0.25, 0.3) is 0 Å². The maximum absolute atomic E-state index is 12.4. The summed E-state index contributed by atoms with van der Waals surface area (Å²) >= 11 is 0. The number of β-amino-alcohol motifs (C(OH)–C–C–N with tert-alkyl or cyclic N) is 1. The fourth-order valence-corrected chi connectivity index (χ4v) is 13.8. The monoisotopic (exact) mass is 647 g/mol. The number of aliphatic hydroxyl groups excluding tert-OH is 2. The van der Waals surface area contributed by atoms with Gasteiger partial charge in [0, 0.05) is 25.0 Å². The lowest BCUT2D eigenvalue weighted by atomic mass is 9.41. The molecule has 0 aromatic rings. The quantitative estimate of drug-likeness (QED) is 0.327. The number of aliphatic hydroxyl groups is 4. The Bertz CT molecular complexity index is 1180. The average molecular weight is 648 g/mol. The van der Waals surface area contributed by atoms with Gasteiger partial charge in [0.15, 0.2) is 6.29 Å². The largest absolute Gasteiger partial charge is 0.390 e. The van der Waals surface area contributed by atoms with Crippen LogP contribution in [-0.4, -0.2) is 99.6 Å². The van der Waals surface area contributed by atoms with E-state index < -0.39 is 29.5 Å². The molecular formula is C38H65NO7. The van der Waals surface area contributed by atoms with Crippen LogP contribution in [0.15, 0.2) is 0 Å². The number of ether oxygens (including phenoxy) is 3. The first-order valence-corrected chi connectivity index (χ1v) is 18.7. The highest BCUT2D eigenvalue weighted by molar-refractivity contribution is 5.33. The molecule has 4 N–H and O–H groups in total. The van der Waals surface area contributed by atoms with Crippen molar-refractivity contribution in [2.24, 2.45) is 50.7 Å². The highest BCUT2D eigenvalue weighted by Crippen LogP contribution is 2.89. The molecular weight excluding hydrogens is 582 g/mol. The van der Waals surface area contributed by atoms with Gasteiger partial charge in [-0.3, -0.25) is 4.90 Å². The standard InChI is InChI=1S/C38H65NO7/c1-22-18-23(30(40)34(6,7)43)45-29-28(22)35(8)14-15-38-20-37(38)13-12-26(46-27-19-39(16-17-44-27)21-32(2,3)42)33(4,5)24(37)10-11-25(38)36(35,9)31(29)41/h22-31,40-43H,10-21H2,1-9H3/t22-,23?,24+,25?,26?,27+,28+,29?,30?,31+,35?,36-,37?,38?/m1/s1. The summed E-state index contributed by atoms with van der Waals surface area (Å²) < 4.78 is 19.7. The Kier molecular flexibility index (Phi) is 7.87. The average Bonchev–Trinajstić information content (AvgIpc) is 3.57. The molecule has 264 valence electrons. The minimum Gasteiger partial charge on any atom is -0.390 e. The Balaban J connectivity index is 1.11. The molecule has 0 aromatic carbocycles. The number of hydrogen-bond donors (Lipinski definition) is 4. The second-order valence-electron chi connectivity index (χ2n) is 19.6. The van der Waals surface area contributed by atoms with Crippen molar-refractivity contribution in [2.45, 2.75) is 162 Å². The molecule has 46 heavy (non-hydrogen) atoms. The van der Waals surface area contributed by atoms with Gasteiger partial charge in [-0.15, -0.1) is 0 Å². The van der Waals surface area contributed by atoms with E-state index in [4.69, 9.17) is 14.2 Å². The Hall–Kier alpha value is -0.320. The molecule has 0 amide bonds. The summed E-state index contributed by atoms with van der Waals surface area (Å²) in [6.07, 6.45) is 6.40. The molecule has 7 rings (SSSR count). The van der Waals surface area contributed by atoms with Crippen molar-refractivity contribution < 1.29 is 34.6 Å². The summed E-state index contributed by atoms with van der Waals surface area (Å²) in [5, 5.41) is 44.5. The van der Waals surface area contributed by atoms with Crippen LogP contribution in [0.5, 0.6) is 0 Å². The molecule has 7 aliphatic rings. The third kappa shape index (κ3) is 4.66. The number of fused-ring (bicyclic) bond motifs is 4. The molecule has 0 bridgehead atoms. The van der Waals surface area contributed by atoms with Gasteiger partial charge in [0.2, 0.25) is 0 Å². The minimum atomic E-state index is -1.25. The Labute approximate surface area is 277 Å². The van der Waals surface area contributed by atoms with E-state index in [1.54, 1.807) is 13.8 Å². The molecule has 5 saturated carbocycles. The Morgan fingerprint density at radius 1 is 0.957 bits per heavy atom. The summed E-state index contributed by atoms with van der Waals surface area (Å²) in [6.45, 7) is 21.9. The summed E-state index contributed by atoms with van der Waals surface area (Å²) in [5.41, 5.74) is -1.68. The maximum Gasteiger partial charge on any atom is 0.170 e. The normalized spacial score (nSPS) is 52.5. The fourth-order valence-electron chi connectivity index (χ4n) is 13.8. The molecule has 2 aliphatic heterocycles. The van der Waals surface area contributed by atoms with Crippen molar-refractivity contribution in [1.29, 1.82) is 0 Å². The van der Waals surface area contributed by atoms with Crippen molar-refractivity contribution in [2.75, 3.05) is 26.2 Å². The Morgan fingerprint density at radius 2 is 1.63 bits per heavy atom. The van der Waals surface area contributed by atoms with Gasteiger partial charge in [0.25, 0.3) is 0 Å². The molecule has 0 radical (unpaired) electrons. The van der Waals surface area contributed by atoms with Crippen molar-refractivity contribution in [3.63, 3.8) is 0 Å². The molecule has 8 unspecified atom stereocenters. The van der Waals surface area contributed by atoms with E-state index in [1.165, 1.54) is 25.7 Å².